The molecular weight excluding hydrogens is 397 g/mol. The van der Waals surface area contributed by atoms with Crippen LogP contribution in [-0.2, 0) is 21.5 Å². The molecule has 10 heteroatoms. The molecule has 2 heterocycles. The lowest BCUT2D eigenvalue weighted by Crippen LogP contribution is -2.42. The van der Waals surface area contributed by atoms with Gasteiger partial charge in [-0.2, -0.15) is 0 Å². The Kier molecular flexibility index (Phi) is 6.21. The molecule has 154 valence electrons. The summed E-state index contributed by atoms with van der Waals surface area (Å²) in [6.45, 7) is 3.18. The number of benzene rings is 1. The number of rotatable bonds is 8. The van der Waals surface area contributed by atoms with Gasteiger partial charge in [-0.05, 0) is 31.0 Å². The first-order valence-corrected chi connectivity index (χ1v) is 10.2. The molecule has 1 fully saturated rings. The van der Waals surface area contributed by atoms with Gasteiger partial charge < -0.3 is 5.32 Å². The molecule has 0 aliphatic carbocycles. The molecule has 3 rings (SSSR count). The molecule has 1 aliphatic heterocycles. The summed E-state index contributed by atoms with van der Waals surface area (Å²) in [7, 11) is 0. The number of hydrogen-bond acceptors (Lipinski definition) is 6. The first kappa shape index (κ1) is 20.8. The predicted octanol–water partition coefficient (Wildman–Crippen LogP) is 2.82. The third kappa shape index (κ3) is 4.58. The number of carbonyl (C=O) groups excluding carboxylic acids is 3. The quantitative estimate of drug-likeness (QED) is 0.506. The molecule has 0 saturated carbocycles. The van der Waals surface area contributed by atoms with Gasteiger partial charge in [-0.1, -0.05) is 43.2 Å². The van der Waals surface area contributed by atoms with Crippen LogP contribution in [0.5, 0.6) is 0 Å². The van der Waals surface area contributed by atoms with Gasteiger partial charge in [0.25, 0.3) is 5.91 Å². The first-order chi connectivity index (χ1) is 13.8. The third-order valence-corrected chi connectivity index (χ3v) is 5.60. The van der Waals surface area contributed by atoms with Gasteiger partial charge in [0.05, 0.1) is 0 Å². The van der Waals surface area contributed by atoms with Crippen molar-refractivity contribution in [3.05, 3.63) is 40.7 Å². The number of nitrogens with zero attached hydrogens (tertiary/aromatic N) is 3. The fraction of sp³-hybridized carbons (Fsp3) is 0.421. The minimum Gasteiger partial charge on any atom is -0.319 e. The van der Waals surface area contributed by atoms with Gasteiger partial charge in [-0.25, -0.2) is 9.18 Å². The zero-order valence-electron chi connectivity index (χ0n) is 16.2. The van der Waals surface area contributed by atoms with Crippen molar-refractivity contribution in [2.24, 2.45) is 0 Å². The second-order valence-corrected chi connectivity index (χ2v) is 8.02. The molecule has 1 saturated heterocycles. The van der Waals surface area contributed by atoms with Crippen LogP contribution in [-0.4, -0.2) is 39.5 Å². The van der Waals surface area contributed by atoms with E-state index in [0.29, 0.717) is 10.7 Å². The summed E-state index contributed by atoms with van der Waals surface area (Å²) in [6.07, 6.45) is 4.00. The van der Waals surface area contributed by atoms with Gasteiger partial charge in [-0.3, -0.25) is 19.8 Å². The molecule has 0 spiro atoms. The molecule has 2 N–H and O–H groups in total. The van der Waals surface area contributed by atoms with E-state index >= 15 is 0 Å². The Balaban J connectivity index is 1.62. The van der Waals surface area contributed by atoms with E-state index < -0.39 is 35.7 Å². The normalized spacial score (nSPS) is 18.8. The lowest BCUT2D eigenvalue weighted by Gasteiger charge is -2.22. The summed E-state index contributed by atoms with van der Waals surface area (Å²) in [4.78, 5) is 38.3. The maximum atomic E-state index is 13.2. The number of hydrogen-bond donors (Lipinski definition) is 2. The lowest BCUT2D eigenvalue weighted by molar-refractivity contribution is -0.133. The molecule has 1 aromatic carbocycles. The van der Waals surface area contributed by atoms with E-state index in [1.165, 1.54) is 42.5 Å². The first-order valence-electron chi connectivity index (χ1n) is 9.36. The standard InChI is InChI=1S/C19H22FN5O3S/c1-3-4-5-6-15-23-24-17(29-15)21-14(26)11-25-16(27)19(2,22-18(25)28)12-7-9-13(20)10-8-12/h7-10H,3-6,11H2,1-2H3,(H,22,28)(H,21,24,26). The van der Waals surface area contributed by atoms with E-state index in [-0.39, 0.29) is 0 Å². The number of urea groups is 1. The zero-order chi connectivity index (χ0) is 21.0. The van der Waals surface area contributed by atoms with Gasteiger partial charge >= 0.3 is 6.03 Å². The Labute approximate surface area is 171 Å². The highest BCUT2D eigenvalue weighted by atomic mass is 32.1. The Hall–Kier alpha value is -2.88. The van der Waals surface area contributed by atoms with Crippen molar-refractivity contribution in [3.8, 4) is 0 Å². The summed E-state index contributed by atoms with van der Waals surface area (Å²) in [5.41, 5.74) is -0.929. The zero-order valence-corrected chi connectivity index (χ0v) is 17.0. The second-order valence-electron chi connectivity index (χ2n) is 6.96. The summed E-state index contributed by atoms with van der Waals surface area (Å²) in [5.74, 6) is -1.58. The maximum Gasteiger partial charge on any atom is 0.325 e. The van der Waals surface area contributed by atoms with Crippen molar-refractivity contribution < 1.29 is 18.8 Å². The van der Waals surface area contributed by atoms with Crippen molar-refractivity contribution in [3.63, 3.8) is 0 Å². The minimum absolute atomic E-state index is 0.329. The van der Waals surface area contributed by atoms with E-state index in [0.717, 1.165) is 35.6 Å². The second kappa shape index (κ2) is 8.64. The van der Waals surface area contributed by atoms with Crippen molar-refractivity contribution in [2.45, 2.75) is 45.1 Å². The van der Waals surface area contributed by atoms with Gasteiger partial charge in [-0.15, -0.1) is 10.2 Å². The summed E-state index contributed by atoms with van der Waals surface area (Å²) in [5, 5.41) is 14.3. The Morgan fingerprint density at radius 2 is 1.97 bits per heavy atom. The predicted molar refractivity (Wildman–Crippen MR) is 106 cm³/mol. The van der Waals surface area contributed by atoms with Crippen LogP contribution in [0.1, 0.15) is 43.7 Å². The van der Waals surface area contributed by atoms with Gasteiger partial charge in [0.1, 0.15) is 22.9 Å². The number of halogens is 1. The SMILES string of the molecule is CCCCCc1nnc(NC(=O)CN2C(=O)NC(C)(c3ccc(F)cc3)C2=O)s1. The molecule has 0 bridgehead atoms. The maximum absolute atomic E-state index is 13.2. The Morgan fingerprint density at radius 3 is 2.66 bits per heavy atom. The fourth-order valence-electron chi connectivity index (χ4n) is 3.05. The lowest BCUT2D eigenvalue weighted by atomic mass is 9.92. The topological polar surface area (TPSA) is 104 Å². The van der Waals surface area contributed by atoms with Crippen LogP contribution in [0.25, 0.3) is 0 Å². The van der Waals surface area contributed by atoms with Crippen molar-refractivity contribution in [1.29, 1.82) is 0 Å². The smallest absolute Gasteiger partial charge is 0.319 e. The van der Waals surface area contributed by atoms with Crippen molar-refractivity contribution in [1.82, 2.24) is 20.4 Å². The number of unbranched alkanes of at least 4 members (excludes halogenated alkanes) is 2. The molecule has 29 heavy (non-hydrogen) atoms. The number of aromatic nitrogens is 2. The van der Waals surface area contributed by atoms with Crippen LogP contribution in [0.3, 0.4) is 0 Å². The molecule has 1 unspecified atom stereocenters. The van der Waals surface area contributed by atoms with Crippen molar-refractivity contribution >= 4 is 34.3 Å². The average molecular weight is 419 g/mol. The van der Waals surface area contributed by atoms with Crippen LogP contribution in [0, 0.1) is 5.82 Å². The highest BCUT2D eigenvalue weighted by Gasteiger charge is 2.49. The Morgan fingerprint density at radius 1 is 1.24 bits per heavy atom. The van der Waals surface area contributed by atoms with E-state index in [4.69, 9.17) is 0 Å². The molecule has 1 aliphatic rings. The third-order valence-electron chi connectivity index (χ3n) is 4.71. The monoisotopic (exact) mass is 419 g/mol. The molecule has 2 aromatic rings. The average Bonchev–Trinajstić information content (AvgIpc) is 3.21. The number of nitrogens with one attached hydrogen (secondary N) is 2. The minimum atomic E-state index is -1.36. The van der Waals surface area contributed by atoms with Crippen LogP contribution < -0.4 is 10.6 Å². The van der Waals surface area contributed by atoms with E-state index in [1.807, 2.05) is 0 Å². The largest absolute Gasteiger partial charge is 0.325 e. The number of amides is 4. The van der Waals surface area contributed by atoms with Gasteiger partial charge in [0.15, 0.2) is 0 Å². The molecular formula is C19H22FN5O3S. The molecule has 8 nitrogen and oxygen atoms in total. The molecule has 1 aromatic heterocycles. The number of carbonyl (C=O) groups is 3. The Bertz CT molecular complexity index is 917. The number of imide groups is 1. The number of aryl methyl sites for hydroxylation is 1. The molecule has 4 amide bonds. The van der Waals surface area contributed by atoms with Crippen molar-refractivity contribution in [2.75, 3.05) is 11.9 Å². The fourth-order valence-corrected chi connectivity index (χ4v) is 3.85. The summed E-state index contributed by atoms with van der Waals surface area (Å²) in [6, 6.07) is 4.59. The highest BCUT2D eigenvalue weighted by Crippen LogP contribution is 2.29. The van der Waals surface area contributed by atoms with E-state index in [1.54, 1.807) is 0 Å². The van der Waals surface area contributed by atoms with Gasteiger partial charge in [0.2, 0.25) is 11.0 Å². The van der Waals surface area contributed by atoms with Gasteiger partial charge in [0, 0.05) is 6.42 Å². The highest BCUT2D eigenvalue weighted by molar-refractivity contribution is 7.15. The van der Waals surface area contributed by atoms with Crippen LogP contribution in [0.2, 0.25) is 0 Å². The molecule has 1 atom stereocenters. The summed E-state index contributed by atoms with van der Waals surface area (Å²) < 4.78 is 13.2. The molecule has 0 radical (unpaired) electrons. The van der Waals surface area contributed by atoms with Crippen LogP contribution >= 0.6 is 11.3 Å². The number of anilines is 1. The summed E-state index contributed by atoms with van der Waals surface area (Å²) >= 11 is 1.28. The van der Waals surface area contributed by atoms with E-state index in [2.05, 4.69) is 27.8 Å². The van der Waals surface area contributed by atoms with Crippen LogP contribution in [0.15, 0.2) is 24.3 Å². The van der Waals surface area contributed by atoms with Crippen LogP contribution in [0.4, 0.5) is 14.3 Å². The van der Waals surface area contributed by atoms with E-state index in [9.17, 15) is 18.8 Å².